The first-order valence-electron chi connectivity index (χ1n) is 24.4. The van der Waals surface area contributed by atoms with Crippen molar-refractivity contribution in [3.63, 3.8) is 0 Å². The van der Waals surface area contributed by atoms with Gasteiger partial charge in [-0.2, -0.15) is 4.98 Å². The summed E-state index contributed by atoms with van der Waals surface area (Å²) in [5, 5.41) is 14.5. The molecule has 2 saturated heterocycles. The molecular formula is C49H60N12O11. The highest BCUT2D eigenvalue weighted by Crippen LogP contribution is 2.34. The molecule has 3 aromatic heterocycles. The quantitative estimate of drug-likeness (QED) is 0.0400. The van der Waals surface area contributed by atoms with E-state index in [1.54, 1.807) is 36.0 Å². The predicted octanol–water partition coefficient (Wildman–Crippen LogP) is 1.47. The van der Waals surface area contributed by atoms with Crippen LogP contribution < -0.4 is 37.0 Å². The number of carbonyl (C=O) groups excluding carboxylic acids is 7. The number of carbonyl (C=O) groups is 7. The highest BCUT2D eigenvalue weighted by molar-refractivity contribution is 6.25. The van der Waals surface area contributed by atoms with Crippen molar-refractivity contribution in [2.45, 2.75) is 64.5 Å². The highest BCUT2D eigenvalue weighted by atomic mass is 16.5. The molecule has 1 atom stereocenters. The van der Waals surface area contributed by atoms with Crippen LogP contribution in [0.2, 0.25) is 0 Å². The lowest BCUT2D eigenvalue weighted by Crippen LogP contribution is -2.54. The van der Waals surface area contributed by atoms with Crippen LogP contribution in [-0.4, -0.2) is 169 Å². The van der Waals surface area contributed by atoms with Gasteiger partial charge >= 0.3 is 0 Å². The van der Waals surface area contributed by atoms with E-state index < -0.39 is 29.7 Å². The first-order valence-corrected chi connectivity index (χ1v) is 24.4. The Hall–Kier alpha value is -7.21. The van der Waals surface area contributed by atoms with E-state index in [-0.39, 0.29) is 90.7 Å². The number of rotatable bonds is 23. The van der Waals surface area contributed by atoms with Gasteiger partial charge in [0.2, 0.25) is 29.6 Å². The summed E-state index contributed by atoms with van der Waals surface area (Å²) in [7, 11) is 0. The van der Waals surface area contributed by atoms with Crippen LogP contribution in [0.5, 0.6) is 0 Å². The van der Waals surface area contributed by atoms with Gasteiger partial charge in [-0.3, -0.25) is 58.0 Å². The highest BCUT2D eigenvalue weighted by Gasteiger charge is 2.45. The molecular weight excluding hydrogens is 933 g/mol. The second-order valence-electron chi connectivity index (χ2n) is 18.0. The van der Waals surface area contributed by atoms with E-state index in [4.69, 9.17) is 19.2 Å². The Morgan fingerprint density at radius 3 is 2.15 bits per heavy atom. The van der Waals surface area contributed by atoms with Gasteiger partial charge in [0, 0.05) is 69.0 Å². The standard InChI is InChI=1S/C49H60N12O11/c1-30-35-27-54-49(57-44(35)60(32-6-3-4-7-32)47(68)42(30)31(2)62)55-38-12-10-33(26-53-38)59-18-16-58(17-19-59)29-41(65)51-15-21-71-23-25-72-24-22-70-20-14-50-40(64)28-52-36-9-5-8-34-43(36)48(69)61(46(34)67)37-11-13-39(63)56-45(37)66/h5,8-10,12,26-27,32,37,52H,3-4,6-7,11,13-25,28-29H2,1-2H3,(H,50,64)(H,51,65)(H,56,63,66)(H,53,54,55,57). The van der Waals surface area contributed by atoms with Gasteiger partial charge in [0.1, 0.15) is 17.5 Å². The van der Waals surface area contributed by atoms with Crippen molar-refractivity contribution in [3.05, 3.63) is 75.3 Å². The molecule has 0 bridgehead atoms. The first-order chi connectivity index (χ1) is 34.9. The number of benzene rings is 1. The third-order valence-corrected chi connectivity index (χ3v) is 13.1. The number of piperazine rings is 1. The molecule has 3 fully saturated rings. The van der Waals surface area contributed by atoms with Gasteiger partial charge in [-0.15, -0.1) is 0 Å². The SMILES string of the molecule is CC(=O)c1c(C)c2cnc(Nc3ccc(N4CCN(CC(=O)NCCOCCOCCOCCNC(=O)CNc5cccc6c5C(=O)N(C5CCC(=O)NC5=O)C6=O)CC4)cn3)nc2n(C2CCCC2)c1=O. The Kier molecular flexibility index (Phi) is 16.9. The van der Waals surface area contributed by atoms with Gasteiger partial charge < -0.3 is 40.4 Å². The molecule has 6 amide bonds. The third-order valence-electron chi connectivity index (χ3n) is 13.1. The number of nitrogens with zero attached hydrogens (tertiary/aromatic N) is 7. The number of hydrogen-bond acceptors (Lipinski definition) is 18. The Balaban J connectivity index is 0.643. The molecule has 3 aliphatic heterocycles. The van der Waals surface area contributed by atoms with E-state index >= 15 is 0 Å². The number of amides is 6. The van der Waals surface area contributed by atoms with Crippen LogP contribution in [0.4, 0.5) is 23.1 Å². The van der Waals surface area contributed by atoms with Crippen molar-refractivity contribution in [3.8, 4) is 0 Å². The van der Waals surface area contributed by atoms with E-state index in [9.17, 15) is 38.4 Å². The molecule has 5 N–H and O–H groups in total. The Morgan fingerprint density at radius 2 is 1.49 bits per heavy atom. The van der Waals surface area contributed by atoms with Crippen molar-refractivity contribution in [1.82, 2.24) is 45.3 Å². The fourth-order valence-corrected chi connectivity index (χ4v) is 9.46. The minimum absolute atomic E-state index is 0.0145. The van der Waals surface area contributed by atoms with Crippen LogP contribution in [0.25, 0.3) is 11.0 Å². The number of anilines is 4. The lowest BCUT2D eigenvalue weighted by Gasteiger charge is -2.35. The fourth-order valence-electron chi connectivity index (χ4n) is 9.46. The molecule has 1 aromatic carbocycles. The van der Waals surface area contributed by atoms with Crippen LogP contribution in [-0.2, 0) is 33.4 Å². The van der Waals surface area contributed by atoms with E-state index in [0.717, 1.165) is 49.4 Å². The van der Waals surface area contributed by atoms with Crippen molar-refractivity contribution >= 4 is 75.4 Å². The molecule has 382 valence electrons. The number of Topliss-reactive ketones (excluding diaryl/α,β-unsaturated/α-hetero) is 1. The van der Waals surface area contributed by atoms with Crippen molar-refractivity contribution in [2.24, 2.45) is 0 Å². The van der Waals surface area contributed by atoms with Gasteiger partial charge in [0.05, 0.1) is 81.3 Å². The molecule has 23 heteroatoms. The average Bonchev–Trinajstić information content (AvgIpc) is 3.98. The van der Waals surface area contributed by atoms with Crippen molar-refractivity contribution < 1.29 is 47.8 Å². The summed E-state index contributed by atoms with van der Waals surface area (Å²) in [6, 6.07) is 7.35. The second-order valence-corrected chi connectivity index (χ2v) is 18.0. The number of pyridine rings is 2. The van der Waals surface area contributed by atoms with Crippen LogP contribution in [0, 0.1) is 6.92 Å². The number of ketones is 1. The summed E-state index contributed by atoms with van der Waals surface area (Å²) >= 11 is 0. The van der Waals surface area contributed by atoms with Gasteiger partial charge in [-0.25, -0.2) is 9.97 Å². The Labute approximate surface area is 414 Å². The summed E-state index contributed by atoms with van der Waals surface area (Å²) in [5.41, 5.74) is 2.42. The minimum atomic E-state index is -1.09. The molecule has 0 spiro atoms. The van der Waals surface area contributed by atoms with Crippen molar-refractivity contribution in [2.75, 3.05) is 108 Å². The van der Waals surface area contributed by atoms with E-state index in [1.807, 2.05) is 12.1 Å². The van der Waals surface area contributed by atoms with E-state index in [0.29, 0.717) is 81.0 Å². The lowest BCUT2D eigenvalue weighted by molar-refractivity contribution is -0.136. The second kappa shape index (κ2) is 23.8. The molecule has 1 saturated carbocycles. The van der Waals surface area contributed by atoms with Crippen LogP contribution in [0.1, 0.15) is 88.1 Å². The number of ether oxygens (including phenoxy) is 3. The smallest absolute Gasteiger partial charge is 0.264 e. The zero-order valence-electron chi connectivity index (χ0n) is 40.5. The van der Waals surface area contributed by atoms with Gasteiger partial charge in [-0.1, -0.05) is 18.9 Å². The molecule has 4 aliphatic rings. The Bertz CT molecular complexity index is 2750. The number of nitrogens with one attached hydrogen (secondary N) is 5. The molecule has 1 aliphatic carbocycles. The summed E-state index contributed by atoms with van der Waals surface area (Å²) in [6.45, 7) is 8.65. The normalized spacial score (nSPS) is 17.3. The lowest BCUT2D eigenvalue weighted by atomic mass is 10.0. The van der Waals surface area contributed by atoms with Crippen LogP contribution in [0.15, 0.2) is 47.5 Å². The molecule has 0 radical (unpaired) electrons. The average molecular weight is 993 g/mol. The number of aromatic nitrogens is 4. The topological polar surface area (TPSA) is 278 Å². The molecule has 1 unspecified atom stereocenters. The van der Waals surface area contributed by atoms with E-state index in [1.165, 1.54) is 13.0 Å². The molecule has 6 heterocycles. The summed E-state index contributed by atoms with van der Waals surface area (Å²) in [4.78, 5) is 120. The molecule has 4 aromatic rings. The minimum Gasteiger partial charge on any atom is -0.377 e. The number of hydrogen-bond donors (Lipinski definition) is 5. The fraction of sp³-hybridized carbons (Fsp3) is 0.490. The molecule has 72 heavy (non-hydrogen) atoms. The maximum Gasteiger partial charge on any atom is 0.264 e. The monoisotopic (exact) mass is 992 g/mol. The van der Waals surface area contributed by atoms with E-state index in [2.05, 4.69) is 46.4 Å². The zero-order valence-corrected chi connectivity index (χ0v) is 40.5. The number of fused-ring (bicyclic) bond motifs is 2. The van der Waals surface area contributed by atoms with Gasteiger partial charge in [0.15, 0.2) is 5.78 Å². The third kappa shape index (κ3) is 12.1. The largest absolute Gasteiger partial charge is 0.377 e. The van der Waals surface area contributed by atoms with Crippen molar-refractivity contribution in [1.29, 1.82) is 0 Å². The summed E-state index contributed by atoms with van der Waals surface area (Å²) < 4.78 is 18.3. The molecule has 23 nitrogen and oxygen atoms in total. The van der Waals surface area contributed by atoms with Gasteiger partial charge in [0.25, 0.3) is 17.4 Å². The van der Waals surface area contributed by atoms with Crippen LogP contribution >= 0.6 is 0 Å². The zero-order chi connectivity index (χ0) is 50.7. The summed E-state index contributed by atoms with van der Waals surface area (Å²) in [6.07, 6.45) is 7.27. The Morgan fingerprint density at radius 1 is 0.792 bits per heavy atom. The number of aryl methyl sites for hydroxylation is 1. The number of piperidine rings is 1. The molecule has 8 rings (SSSR count). The maximum absolute atomic E-state index is 13.6. The van der Waals surface area contributed by atoms with Gasteiger partial charge in [-0.05, 0) is 62.9 Å². The maximum atomic E-state index is 13.6. The first kappa shape index (κ1) is 51.2. The number of imide groups is 2. The summed E-state index contributed by atoms with van der Waals surface area (Å²) in [5.74, 6) is -2.30. The van der Waals surface area contributed by atoms with Crippen LogP contribution in [0.3, 0.4) is 0 Å². The predicted molar refractivity (Wildman–Crippen MR) is 262 cm³/mol.